The number of non-ortho nitro benzene ring substituents is 1. The summed E-state index contributed by atoms with van der Waals surface area (Å²) >= 11 is 0. The third kappa shape index (κ3) is 7.02. The summed E-state index contributed by atoms with van der Waals surface area (Å²) in [6.45, 7) is 4.18. The minimum Gasteiger partial charge on any atom is -0.491 e. The van der Waals surface area contributed by atoms with Gasteiger partial charge in [-0.15, -0.1) is 24.0 Å². The first-order valence-electron chi connectivity index (χ1n) is 8.06. The Hall–Kier alpha value is -1.62. The molecule has 0 radical (unpaired) electrons. The second kappa shape index (κ2) is 10.4. The Balaban J connectivity index is 0.00000312. The van der Waals surface area contributed by atoms with Gasteiger partial charge in [0.2, 0.25) is 0 Å². The zero-order valence-electron chi connectivity index (χ0n) is 14.2. The Morgan fingerprint density at radius 3 is 2.80 bits per heavy atom. The number of benzene rings is 1. The second-order valence-electron chi connectivity index (χ2n) is 6.11. The van der Waals surface area contributed by atoms with E-state index in [0.29, 0.717) is 17.6 Å². The van der Waals surface area contributed by atoms with Crippen LogP contribution in [-0.2, 0) is 0 Å². The van der Waals surface area contributed by atoms with Crippen molar-refractivity contribution in [1.29, 1.82) is 0 Å². The largest absolute Gasteiger partial charge is 0.491 e. The van der Waals surface area contributed by atoms with Gasteiger partial charge in [0, 0.05) is 25.2 Å². The molecule has 2 rings (SSSR count). The molecule has 1 aliphatic heterocycles. The van der Waals surface area contributed by atoms with Crippen LogP contribution in [-0.4, -0.2) is 53.2 Å². The number of nitro groups is 1. The first-order valence-corrected chi connectivity index (χ1v) is 8.06. The predicted molar refractivity (Wildman–Crippen MR) is 106 cm³/mol. The van der Waals surface area contributed by atoms with Crippen molar-refractivity contribution in [3.8, 4) is 5.75 Å². The van der Waals surface area contributed by atoms with Gasteiger partial charge in [-0.3, -0.25) is 15.1 Å². The second-order valence-corrected chi connectivity index (χ2v) is 6.11. The number of nitro benzene ring substituents is 1. The lowest BCUT2D eigenvalue weighted by Crippen LogP contribution is -2.44. The van der Waals surface area contributed by atoms with E-state index in [0.717, 1.165) is 19.5 Å². The number of hydrogen-bond acceptors (Lipinski definition) is 5. The molecule has 2 atom stereocenters. The number of likely N-dealkylation sites (tertiary alicyclic amines) is 1. The number of guanidine groups is 1. The molecule has 0 amide bonds. The van der Waals surface area contributed by atoms with Crippen LogP contribution in [0.4, 0.5) is 5.69 Å². The lowest BCUT2D eigenvalue weighted by molar-refractivity contribution is -0.384. The Kier molecular flexibility index (Phi) is 8.90. The maximum atomic E-state index is 10.6. The minimum absolute atomic E-state index is 0. The Morgan fingerprint density at radius 2 is 2.20 bits per heavy atom. The van der Waals surface area contributed by atoms with Crippen molar-refractivity contribution in [2.75, 3.05) is 26.2 Å². The first-order chi connectivity index (χ1) is 11.5. The molecule has 1 fully saturated rings. The maximum Gasteiger partial charge on any atom is 0.269 e. The van der Waals surface area contributed by atoms with Crippen LogP contribution in [0.25, 0.3) is 0 Å². The van der Waals surface area contributed by atoms with E-state index in [1.807, 2.05) is 4.90 Å². The van der Waals surface area contributed by atoms with E-state index in [1.54, 1.807) is 0 Å². The van der Waals surface area contributed by atoms with Gasteiger partial charge in [-0.2, -0.15) is 0 Å². The van der Waals surface area contributed by atoms with Gasteiger partial charge < -0.3 is 20.5 Å². The highest BCUT2D eigenvalue weighted by Gasteiger charge is 2.18. The molecule has 0 aromatic heterocycles. The molecule has 1 aromatic rings. The van der Waals surface area contributed by atoms with Crippen molar-refractivity contribution < 1.29 is 14.8 Å². The molecule has 0 spiro atoms. The molecule has 2 unspecified atom stereocenters. The average molecular weight is 464 g/mol. The number of nitrogens with zero attached hydrogens (tertiary/aromatic N) is 3. The summed E-state index contributed by atoms with van der Waals surface area (Å²) in [4.78, 5) is 16.4. The SMILES string of the molecule is CC1CCCN(C(N)=NCC(O)COc2ccc([N+](=O)[O-])cc2)C1.I. The molecule has 9 heteroatoms. The lowest BCUT2D eigenvalue weighted by atomic mass is 10.0. The number of aliphatic hydroxyl groups is 1. The standard InChI is InChI=1S/C16H24N4O4.HI/c1-12-3-2-8-19(10-12)16(17)18-9-14(21)11-24-15-6-4-13(5-7-15)20(22)23;/h4-7,12,14,21H,2-3,8-11H2,1H3,(H2,17,18);1H. The summed E-state index contributed by atoms with van der Waals surface area (Å²) < 4.78 is 5.40. The van der Waals surface area contributed by atoms with Crippen LogP contribution in [0, 0.1) is 16.0 Å². The third-order valence-corrected chi connectivity index (χ3v) is 3.93. The van der Waals surface area contributed by atoms with E-state index in [-0.39, 0.29) is 42.8 Å². The summed E-state index contributed by atoms with van der Waals surface area (Å²) in [6, 6.07) is 5.71. The molecule has 25 heavy (non-hydrogen) atoms. The van der Waals surface area contributed by atoms with Gasteiger partial charge in [0.1, 0.15) is 18.5 Å². The van der Waals surface area contributed by atoms with E-state index < -0.39 is 11.0 Å². The van der Waals surface area contributed by atoms with Gasteiger partial charge >= 0.3 is 0 Å². The van der Waals surface area contributed by atoms with E-state index in [4.69, 9.17) is 10.5 Å². The Morgan fingerprint density at radius 1 is 1.52 bits per heavy atom. The molecule has 1 heterocycles. The molecule has 140 valence electrons. The average Bonchev–Trinajstić information content (AvgIpc) is 2.58. The predicted octanol–water partition coefficient (Wildman–Crippen LogP) is 2.00. The molecular formula is C16H25IN4O4. The van der Waals surface area contributed by atoms with Crippen molar-refractivity contribution in [2.24, 2.45) is 16.6 Å². The van der Waals surface area contributed by atoms with Gasteiger partial charge in [0.15, 0.2) is 5.96 Å². The van der Waals surface area contributed by atoms with Crippen LogP contribution >= 0.6 is 24.0 Å². The molecule has 1 aromatic carbocycles. The number of aliphatic imine (C=N–C) groups is 1. The smallest absolute Gasteiger partial charge is 0.269 e. The number of piperidine rings is 1. The molecule has 0 bridgehead atoms. The van der Waals surface area contributed by atoms with Gasteiger partial charge in [-0.05, 0) is 30.9 Å². The van der Waals surface area contributed by atoms with Gasteiger partial charge in [-0.1, -0.05) is 6.92 Å². The molecule has 8 nitrogen and oxygen atoms in total. The lowest BCUT2D eigenvalue weighted by Gasteiger charge is -2.31. The van der Waals surface area contributed by atoms with Gasteiger partial charge in [-0.25, -0.2) is 0 Å². The van der Waals surface area contributed by atoms with Crippen molar-refractivity contribution in [3.05, 3.63) is 34.4 Å². The fraction of sp³-hybridized carbons (Fsp3) is 0.562. The first kappa shape index (κ1) is 21.4. The minimum atomic E-state index is -0.791. The monoisotopic (exact) mass is 464 g/mol. The highest BCUT2D eigenvalue weighted by atomic mass is 127. The van der Waals surface area contributed by atoms with Crippen molar-refractivity contribution >= 4 is 35.6 Å². The van der Waals surface area contributed by atoms with Crippen LogP contribution in [0.15, 0.2) is 29.3 Å². The molecule has 0 saturated carbocycles. The summed E-state index contributed by atoms with van der Waals surface area (Å²) in [5.74, 6) is 1.51. The number of halogens is 1. The zero-order chi connectivity index (χ0) is 17.5. The summed E-state index contributed by atoms with van der Waals surface area (Å²) in [5, 5.41) is 20.5. The summed E-state index contributed by atoms with van der Waals surface area (Å²) in [6.07, 6.45) is 1.51. The summed E-state index contributed by atoms with van der Waals surface area (Å²) in [5.41, 5.74) is 5.97. The normalized spacial score (nSPS) is 19.0. The van der Waals surface area contributed by atoms with Crippen molar-refractivity contribution in [2.45, 2.75) is 25.9 Å². The number of aliphatic hydroxyl groups excluding tert-OH is 1. The molecule has 0 aliphatic carbocycles. The third-order valence-electron chi connectivity index (χ3n) is 3.93. The van der Waals surface area contributed by atoms with Crippen LogP contribution in [0.2, 0.25) is 0 Å². The fourth-order valence-electron chi connectivity index (χ4n) is 2.61. The van der Waals surface area contributed by atoms with Crippen LogP contribution < -0.4 is 10.5 Å². The van der Waals surface area contributed by atoms with Crippen molar-refractivity contribution in [1.82, 2.24) is 4.90 Å². The molecule has 1 saturated heterocycles. The number of ether oxygens (including phenoxy) is 1. The van der Waals surface area contributed by atoms with E-state index in [2.05, 4.69) is 11.9 Å². The fourth-order valence-corrected chi connectivity index (χ4v) is 2.61. The van der Waals surface area contributed by atoms with Gasteiger partial charge in [0.05, 0.1) is 11.5 Å². The number of nitrogens with two attached hydrogens (primary N) is 1. The maximum absolute atomic E-state index is 10.6. The van der Waals surface area contributed by atoms with Crippen LogP contribution in [0.5, 0.6) is 5.75 Å². The highest BCUT2D eigenvalue weighted by molar-refractivity contribution is 14.0. The van der Waals surface area contributed by atoms with Gasteiger partial charge in [0.25, 0.3) is 5.69 Å². The zero-order valence-corrected chi connectivity index (χ0v) is 16.5. The van der Waals surface area contributed by atoms with Crippen molar-refractivity contribution in [3.63, 3.8) is 0 Å². The van der Waals surface area contributed by atoms with E-state index >= 15 is 0 Å². The van der Waals surface area contributed by atoms with E-state index in [9.17, 15) is 15.2 Å². The summed E-state index contributed by atoms with van der Waals surface area (Å²) in [7, 11) is 0. The number of rotatable bonds is 6. The molecule has 3 N–H and O–H groups in total. The Bertz CT molecular complexity index is 582. The van der Waals surface area contributed by atoms with E-state index in [1.165, 1.54) is 30.7 Å². The topological polar surface area (TPSA) is 114 Å². The molecule has 1 aliphatic rings. The number of hydrogen-bond donors (Lipinski definition) is 2. The Labute approximate surface area is 164 Å². The molecular weight excluding hydrogens is 439 g/mol. The van der Waals surface area contributed by atoms with Crippen LogP contribution in [0.3, 0.4) is 0 Å². The van der Waals surface area contributed by atoms with Crippen LogP contribution in [0.1, 0.15) is 19.8 Å². The highest BCUT2D eigenvalue weighted by Crippen LogP contribution is 2.17. The quantitative estimate of drug-likeness (QED) is 0.219.